The van der Waals surface area contributed by atoms with Gasteiger partial charge in [-0.05, 0) is 29.8 Å². The Kier molecular flexibility index (Phi) is 7.39. The van der Waals surface area contributed by atoms with E-state index in [4.69, 9.17) is 28.7 Å². The molecule has 41 heavy (non-hydrogen) atoms. The number of amides is 1. The van der Waals surface area contributed by atoms with E-state index in [-0.39, 0.29) is 12.7 Å². The van der Waals surface area contributed by atoms with Crippen molar-refractivity contribution in [1.29, 1.82) is 0 Å². The highest BCUT2D eigenvalue weighted by molar-refractivity contribution is 6.13. The van der Waals surface area contributed by atoms with Crippen molar-refractivity contribution in [3.8, 4) is 28.7 Å². The van der Waals surface area contributed by atoms with Crippen molar-refractivity contribution in [2.75, 3.05) is 64.5 Å². The second-order valence-corrected chi connectivity index (χ2v) is 9.86. The predicted molar refractivity (Wildman–Crippen MR) is 156 cm³/mol. The summed E-state index contributed by atoms with van der Waals surface area (Å²) in [5.74, 6) is 3.51. The minimum Gasteiger partial charge on any atom is -0.493 e. The summed E-state index contributed by atoms with van der Waals surface area (Å²) in [5.41, 5.74) is 3.03. The van der Waals surface area contributed by atoms with E-state index >= 15 is 0 Å². The number of aromatic nitrogens is 1. The highest BCUT2D eigenvalue weighted by Crippen LogP contribution is 2.40. The number of benzene rings is 3. The Balaban J connectivity index is 1.21. The third-order valence-corrected chi connectivity index (χ3v) is 7.41. The Labute approximate surface area is 238 Å². The number of para-hydroxylation sites is 1. The number of nitrogens with zero attached hydrogens (tertiary/aromatic N) is 3. The number of anilines is 2. The van der Waals surface area contributed by atoms with Crippen molar-refractivity contribution < 1.29 is 28.5 Å². The zero-order valence-corrected chi connectivity index (χ0v) is 23.3. The van der Waals surface area contributed by atoms with Gasteiger partial charge < -0.3 is 33.9 Å². The molecule has 4 aromatic rings. The lowest BCUT2D eigenvalue weighted by Gasteiger charge is -2.35. The largest absolute Gasteiger partial charge is 0.493 e. The fourth-order valence-corrected chi connectivity index (χ4v) is 5.30. The van der Waals surface area contributed by atoms with Crippen LogP contribution in [0, 0.1) is 0 Å². The molecule has 10 heteroatoms. The number of fused-ring (bicyclic) bond motifs is 2. The molecule has 0 aliphatic carbocycles. The van der Waals surface area contributed by atoms with E-state index < -0.39 is 0 Å². The molecule has 0 unspecified atom stereocenters. The topological polar surface area (TPSA) is 94.6 Å². The van der Waals surface area contributed by atoms with Gasteiger partial charge in [0.05, 0.1) is 32.4 Å². The predicted octanol–water partition coefficient (Wildman–Crippen LogP) is 4.56. The molecule has 3 aromatic carbocycles. The molecular weight excluding hydrogens is 524 g/mol. The highest BCUT2D eigenvalue weighted by atomic mass is 16.7. The van der Waals surface area contributed by atoms with E-state index in [1.165, 1.54) is 5.56 Å². The molecule has 0 bridgehead atoms. The van der Waals surface area contributed by atoms with Crippen LogP contribution in [0.3, 0.4) is 0 Å². The summed E-state index contributed by atoms with van der Waals surface area (Å²) in [4.78, 5) is 23.2. The number of pyridine rings is 1. The quantitative estimate of drug-likeness (QED) is 0.335. The SMILES string of the molecule is COc1cc(NC(=O)c2cc(N3CCN(Cc4ccc5c(c4)OCO5)CC3)nc3ccccc23)cc(OC)c1OC. The van der Waals surface area contributed by atoms with Crippen molar-refractivity contribution in [3.05, 3.63) is 71.8 Å². The van der Waals surface area contributed by atoms with Gasteiger partial charge in [-0.2, -0.15) is 0 Å². The molecule has 1 amide bonds. The zero-order valence-electron chi connectivity index (χ0n) is 23.3. The van der Waals surface area contributed by atoms with Crippen LogP contribution < -0.4 is 33.9 Å². The maximum atomic E-state index is 13.7. The Bertz CT molecular complexity index is 1560. The van der Waals surface area contributed by atoms with Gasteiger partial charge in [0.2, 0.25) is 12.5 Å². The number of methoxy groups -OCH3 is 3. The number of ether oxygens (including phenoxy) is 5. The molecule has 212 valence electrons. The molecule has 0 atom stereocenters. The second kappa shape index (κ2) is 11.4. The zero-order chi connectivity index (χ0) is 28.3. The lowest BCUT2D eigenvalue weighted by atomic mass is 10.1. The molecule has 2 aliphatic heterocycles. The second-order valence-electron chi connectivity index (χ2n) is 9.86. The first-order chi connectivity index (χ1) is 20.1. The minimum absolute atomic E-state index is 0.249. The Morgan fingerprint density at radius 2 is 1.61 bits per heavy atom. The Hall–Kier alpha value is -4.70. The molecule has 1 aromatic heterocycles. The van der Waals surface area contributed by atoms with Gasteiger partial charge in [0.15, 0.2) is 23.0 Å². The van der Waals surface area contributed by atoms with Crippen LogP contribution in [0.2, 0.25) is 0 Å². The first-order valence-corrected chi connectivity index (χ1v) is 13.4. The summed E-state index contributed by atoms with van der Waals surface area (Å²) in [7, 11) is 4.63. The summed E-state index contributed by atoms with van der Waals surface area (Å²) >= 11 is 0. The summed E-state index contributed by atoms with van der Waals surface area (Å²) < 4.78 is 27.3. The van der Waals surface area contributed by atoms with E-state index in [0.29, 0.717) is 28.5 Å². The summed E-state index contributed by atoms with van der Waals surface area (Å²) in [6.45, 7) is 4.44. The van der Waals surface area contributed by atoms with Crippen molar-refractivity contribution >= 4 is 28.3 Å². The minimum atomic E-state index is -0.249. The maximum absolute atomic E-state index is 13.7. The van der Waals surface area contributed by atoms with Crippen LogP contribution in [0.5, 0.6) is 28.7 Å². The fourth-order valence-electron chi connectivity index (χ4n) is 5.30. The third kappa shape index (κ3) is 5.38. The first-order valence-electron chi connectivity index (χ1n) is 13.4. The molecular formula is C31H32N4O6. The number of rotatable bonds is 8. The number of carbonyl (C=O) groups excluding carboxylic acids is 1. The molecule has 0 radical (unpaired) electrons. The molecule has 1 fully saturated rings. The van der Waals surface area contributed by atoms with Crippen LogP contribution in [0.15, 0.2) is 60.7 Å². The van der Waals surface area contributed by atoms with Gasteiger partial charge in [-0.1, -0.05) is 24.3 Å². The number of carbonyl (C=O) groups is 1. The standard InChI is InChI=1S/C31H32N4O6/c1-37-27-15-21(16-28(38-2)30(27)39-3)32-31(36)23-17-29(33-24-7-5-4-6-22(23)24)35-12-10-34(11-13-35)18-20-8-9-25-26(14-20)41-19-40-25/h4-9,14-17H,10-13,18-19H2,1-3H3,(H,32,36). The molecule has 2 aliphatic rings. The van der Waals surface area contributed by atoms with Crippen molar-refractivity contribution in [1.82, 2.24) is 9.88 Å². The van der Waals surface area contributed by atoms with Crippen LogP contribution in [-0.2, 0) is 6.54 Å². The molecule has 6 rings (SSSR count). The molecule has 0 spiro atoms. The van der Waals surface area contributed by atoms with Gasteiger partial charge in [-0.3, -0.25) is 9.69 Å². The lowest BCUT2D eigenvalue weighted by molar-refractivity contribution is 0.102. The van der Waals surface area contributed by atoms with Gasteiger partial charge in [0.25, 0.3) is 5.91 Å². The molecule has 10 nitrogen and oxygen atoms in total. The van der Waals surface area contributed by atoms with Gasteiger partial charge in [0, 0.05) is 55.9 Å². The van der Waals surface area contributed by atoms with Crippen LogP contribution >= 0.6 is 0 Å². The molecule has 1 N–H and O–H groups in total. The van der Waals surface area contributed by atoms with Crippen LogP contribution in [-0.4, -0.2) is 70.1 Å². The normalized spacial score (nSPS) is 14.7. The van der Waals surface area contributed by atoms with Crippen molar-refractivity contribution in [2.24, 2.45) is 0 Å². The maximum Gasteiger partial charge on any atom is 0.256 e. The number of hydrogen-bond donors (Lipinski definition) is 1. The van der Waals surface area contributed by atoms with Crippen LogP contribution in [0.25, 0.3) is 10.9 Å². The number of nitrogens with one attached hydrogen (secondary N) is 1. The Morgan fingerprint density at radius 3 is 2.34 bits per heavy atom. The lowest BCUT2D eigenvalue weighted by Crippen LogP contribution is -2.46. The van der Waals surface area contributed by atoms with Gasteiger partial charge in [-0.25, -0.2) is 4.98 Å². The average Bonchev–Trinajstić information content (AvgIpc) is 3.48. The smallest absolute Gasteiger partial charge is 0.256 e. The van der Waals surface area contributed by atoms with E-state index in [0.717, 1.165) is 60.9 Å². The van der Waals surface area contributed by atoms with E-state index in [1.54, 1.807) is 33.5 Å². The molecule has 0 saturated carbocycles. The molecule has 1 saturated heterocycles. The Morgan fingerprint density at radius 1 is 0.878 bits per heavy atom. The van der Waals surface area contributed by atoms with Gasteiger partial charge in [-0.15, -0.1) is 0 Å². The number of hydrogen-bond acceptors (Lipinski definition) is 9. The molecule has 3 heterocycles. The average molecular weight is 557 g/mol. The number of piperazine rings is 1. The highest BCUT2D eigenvalue weighted by Gasteiger charge is 2.23. The van der Waals surface area contributed by atoms with E-state index in [9.17, 15) is 4.79 Å². The van der Waals surface area contributed by atoms with Crippen LogP contribution in [0.1, 0.15) is 15.9 Å². The van der Waals surface area contributed by atoms with E-state index in [1.807, 2.05) is 36.4 Å². The fraction of sp³-hybridized carbons (Fsp3) is 0.290. The van der Waals surface area contributed by atoms with Gasteiger partial charge >= 0.3 is 0 Å². The third-order valence-electron chi connectivity index (χ3n) is 7.41. The summed E-state index contributed by atoms with van der Waals surface area (Å²) in [6.07, 6.45) is 0. The van der Waals surface area contributed by atoms with E-state index in [2.05, 4.69) is 27.2 Å². The van der Waals surface area contributed by atoms with Crippen molar-refractivity contribution in [3.63, 3.8) is 0 Å². The first kappa shape index (κ1) is 26.5. The van der Waals surface area contributed by atoms with Gasteiger partial charge in [0.1, 0.15) is 5.82 Å². The monoisotopic (exact) mass is 556 g/mol. The summed E-state index contributed by atoms with van der Waals surface area (Å²) in [6, 6.07) is 19.1. The summed E-state index contributed by atoms with van der Waals surface area (Å²) in [5, 5.41) is 3.79. The van der Waals surface area contributed by atoms with Crippen molar-refractivity contribution in [2.45, 2.75) is 6.54 Å². The van der Waals surface area contributed by atoms with Crippen LogP contribution in [0.4, 0.5) is 11.5 Å².